The van der Waals surface area contributed by atoms with Crippen molar-refractivity contribution >= 4 is 5.91 Å². The molecule has 0 bridgehead atoms. The van der Waals surface area contributed by atoms with Crippen LogP contribution >= 0.6 is 0 Å². The fraction of sp³-hybridized carbons (Fsp3) is 0.321. The zero-order valence-electron chi connectivity index (χ0n) is 19.4. The molecule has 0 saturated carbocycles. The number of carbonyl (C=O) groups excluding carboxylic acids is 1. The van der Waals surface area contributed by atoms with E-state index in [1.807, 2.05) is 56.3 Å². The van der Waals surface area contributed by atoms with Crippen LogP contribution in [0.1, 0.15) is 49.1 Å². The van der Waals surface area contributed by atoms with Gasteiger partial charge in [-0.25, -0.2) is 4.39 Å². The van der Waals surface area contributed by atoms with E-state index in [1.165, 1.54) is 11.6 Å². The number of hydrogen-bond acceptors (Lipinski definition) is 3. The maximum absolute atomic E-state index is 14.5. The van der Waals surface area contributed by atoms with Gasteiger partial charge in [-0.2, -0.15) is 0 Å². The quantitative estimate of drug-likeness (QED) is 0.538. The maximum Gasteiger partial charge on any atom is 0.260 e. The lowest BCUT2D eigenvalue weighted by molar-refractivity contribution is -0.127. The highest BCUT2D eigenvalue weighted by molar-refractivity contribution is 5.80. The van der Waals surface area contributed by atoms with Crippen LogP contribution in [0.2, 0.25) is 0 Å². The van der Waals surface area contributed by atoms with Gasteiger partial charge in [-0.05, 0) is 62.1 Å². The van der Waals surface area contributed by atoms with Crippen LogP contribution in [0.15, 0.2) is 72.8 Å². The molecule has 33 heavy (non-hydrogen) atoms. The minimum absolute atomic E-state index is 0.0297. The van der Waals surface area contributed by atoms with Crippen LogP contribution in [-0.2, 0) is 17.8 Å². The average Bonchev–Trinajstić information content (AvgIpc) is 2.80. The molecule has 4 nitrogen and oxygen atoms in total. The van der Waals surface area contributed by atoms with Crippen LogP contribution in [0.4, 0.5) is 4.39 Å². The zero-order chi connectivity index (χ0) is 23.4. The van der Waals surface area contributed by atoms with Crippen molar-refractivity contribution in [2.75, 3.05) is 6.54 Å². The lowest BCUT2D eigenvalue weighted by atomic mass is 9.87. The summed E-state index contributed by atoms with van der Waals surface area (Å²) in [5, 5.41) is 2.89. The Labute approximate surface area is 195 Å². The van der Waals surface area contributed by atoms with Gasteiger partial charge in [-0.15, -0.1) is 0 Å². The van der Waals surface area contributed by atoms with E-state index in [0.29, 0.717) is 17.9 Å². The molecule has 2 atom stereocenters. The van der Waals surface area contributed by atoms with E-state index in [9.17, 15) is 9.18 Å². The van der Waals surface area contributed by atoms with E-state index in [4.69, 9.17) is 4.74 Å². The molecule has 1 amide bonds. The van der Waals surface area contributed by atoms with Crippen LogP contribution < -0.4 is 10.1 Å². The summed E-state index contributed by atoms with van der Waals surface area (Å²) < 4.78 is 20.5. The van der Waals surface area contributed by atoms with Crippen LogP contribution in [0.5, 0.6) is 5.75 Å². The molecule has 1 N–H and O–H groups in total. The first-order chi connectivity index (χ1) is 15.9. The van der Waals surface area contributed by atoms with Gasteiger partial charge in [0.05, 0.1) is 6.04 Å². The van der Waals surface area contributed by atoms with Crippen molar-refractivity contribution in [1.82, 2.24) is 10.2 Å². The molecule has 0 aliphatic carbocycles. The summed E-state index contributed by atoms with van der Waals surface area (Å²) >= 11 is 0. The summed E-state index contributed by atoms with van der Waals surface area (Å²) in [6, 6.07) is 23.3. The van der Waals surface area contributed by atoms with Crippen LogP contribution in [0.25, 0.3) is 0 Å². The number of ether oxygens (including phenoxy) is 1. The molecule has 0 fully saturated rings. The minimum Gasteiger partial charge on any atom is -0.481 e. The third kappa shape index (κ3) is 5.42. The molecule has 0 saturated heterocycles. The number of amides is 1. The lowest BCUT2D eigenvalue weighted by Gasteiger charge is -2.38. The fourth-order valence-corrected chi connectivity index (χ4v) is 4.42. The number of hydrogen-bond donors (Lipinski definition) is 1. The normalized spacial score (nSPS) is 16.8. The molecule has 0 aromatic heterocycles. The van der Waals surface area contributed by atoms with Crippen molar-refractivity contribution in [3.05, 3.63) is 101 Å². The monoisotopic (exact) mass is 446 g/mol. The SMILES string of the molecule is CC(C)NC(=O)[C@H](C)Oc1ccc2c(c1)[C@H](c1ccccc1)N(Cc1ccccc1F)CC2. The standard InChI is InChI=1S/C28H31FN2O2/c1-19(2)30-28(32)20(3)33-24-14-13-21-15-16-31(18-23-11-7-8-12-26(23)29)27(25(21)17-24)22-9-5-4-6-10-22/h4-14,17,19-20,27H,15-16,18H2,1-3H3,(H,30,32)/t20-,27-/m0/s1. The summed E-state index contributed by atoms with van der Waals surface area (Å²) in [5.41, 5.74) is 4.23. The number of halogens is 1. The second kappa shape index (κ2) is 10.2. The third-order valence-corrected chi connectivity index (χ3v) is 6.01. The first-order valence-corrected chi connectivity index (χ1v) is 11.5. The Hall–Kier alpha value is -3.18. The van der Waals surface area contributed by atoms with Gasteiger partial charge in [0.2, 0.25) is 0 Å². The van der Waals surface area contributed by atoms with Gasteiger partial charge in [-0.3, -0.25) is 9.69 Å². The Morgan fingerprint density at radius 3 is 2.52 bits per heavy atom. The number of carbonyl (C=O) groups is 1. The summed E-state index contributed by atoms with van der Waals surface area (Å²) in [6.45, 7) is 6.96. The van der Waals surface area contributed by atoms with Crippen molar-refractivity contribution < 1.29 is 13.9 Å². The first kappa shape index (κ1) is 23.0. The lowest BCUT2D eigenvalue weighted by Crippen LogP contribution is -2.40. The molecule has 1 heterocycles. The predicted octanol–water partition coefficient (Wildman–Crippen LogP) is 5.27. The van der Waals surface area contributed by atoms with Crippen molar-refractivity contribution in [2.45, 2.75) is 51.9 Å². The highest BCUT2D eigenvalue weighted by atomic mass is 19.1. The number of nitrogens with zero attached hydrogens (tertiary/aromatic N) is 1. The Morgan fingerprint density at radius 2 is 1.79 bits per heavy atom. The number of fused-ring (bicyclic) bond motifs is 1. The van der Waals surface area contributed by atoms with Crippen LogP contribution in [0.3, 0.4) is 0 Å². The van der Waals surface area contributed by atoms with Gasteiger partial charge in [0.25, 0.3) is 5.91 Å². The van der Waals surface area contributed by atoms with Crippen molar-refractivity contribution in [1.29, 1.82) is 0 Å². The van der Waals surface area contributed by atoms with Crippen molar-refractivity contribution in [3.8, 4) is 5.75 Å². The van der Waals surface area contributed by atoms with E-state index < -0.39 is 6.10 Å². The van der Waals surface area contributed by atoms with Gasteiger partial charge < -0.3 is 10.1 Å². The molecule has 1 aliphatic rings. The number of nitrogens with one attached hydrogen (secondary N) is 1. The van der Waals surface area contributed by atoms with E-state index in [0.717, 1.165) is 24.1 Å². The largest absolute Gasteiger partial charge is 0.481 e. The van der Waals surface area contributed by atoms with Gasteiger partial charge >= 0.3 is 0 Å². The highest BCUT2D eigenvalue weighted by Gasteiger charge is 2.30. The molecule has 172 valence electrons. The van der Waals surface area contributed by atoms with Crippen LogP contribution in [-0.4, -0.2) is 29.5 Å². The van der Waals surface area contributed by atoms with Crippen molar-refractivity contribution in [3.63, 3.8) is 0 Å². The molecule has 0 radical (unpaired) electrons. The number of benzene rings is 3. The molecular weight excluding hydrogens is 415 g/mol. The first-order valence-electron chi connectivity index (χ1n) is 11.5. The van der Waals surface area contributed by atoms with Crippen LogP contribution in [0, 0.1) is 5.82 Å². The summed E-state index contributed by atoms with van der Waals surface area (Å²) in [5.74, 6) is 0.342. The smallest absolute Gasteiger partial charge is 0.260 e. The Kier molecular flexibility index (Phi) is 7.09. The van der Waals surface area contributed by atoms with E-state index in [1.54, 1.807) is 13.0 Å². The zero-order valence-corrected chi connectivity index (χ0v) is 19.4. The Morgan fingerprint density at radius 1 is 1.06 bits per heavy atom. The van der Waals surface area contributed by atoms with E-state index >= 15 is 0 Å². The second-order valence-corrected chi connectivity index (χ2v) is 8.91. The predicted molar refractivity (Wildman–Crippen MR) is 129 cm³/mol. The molecule has 5 heteroatoms. The summed E-state index contributed by atoms with van der Waals surface area (Å²) in [7, 11) is 0. The molecule has 0 unspecified atom stereocenters. The molecule has 3 aromatic carbocycles. The minimum atomic E-state index is -0.598. The fourth-order valence-electron chi connectivity index (χ4n) is 4.42. The third-order valence-electron chi connectivity index (χ3n) is 6.01. The highest BCUT2D eigenvalue weighted by Crippen LogP contribution is 2.38. The molecule has 3 aromatic rings. The van der Waals surface area contributed by atoms with Crippen molar-refractivity contribution in [2.24, 2.45) is 0 Å². The van der Waals surface area contributed by atoms with Gasteiger partial charge in [0, 0.05) is 24.7 Å². The topological polar surface area (TPSA) is 41.6 Å². The molecule has 1 aliphatic heterocycles. The van der Waals surface area contributed by atoms with Gasteiger partial charge in [0.15, 0.2) is 6.10 Å². The molecule has 4 rings (SSSR count). The van der Waals surface area contributed by atoms with Gasteiger partial charge in [0.1, 0.15) is 11.6 Å². The van der Waals surface area contributed by atoms with E-state index in [-0.39, 0.29) is 23.8 Å². The molecule has 0 spiro atoms. The Bertz CT molecular complexity index is 1100. The van der Waals surface area contributed by atoms with E-state index in [2.05, 4.69) is 28.4 Å². The maximum atomic E-state index is 14.5. The average molecular weight is 447 g/mol. The second-order valence-electron chi connectivity index (χ2n) is 8.91. The number of rotatable bonds is 7. The summed E-state index contributed by atoms with van der Waals surface area (Å²) in [6.07, 6.45) is 0.273. The van der Waals surface area contributed by atoms with Gasteiger partial charge in [-0.1, -0.05) is 54.6 Å². The molecular formula is C28H31FN2O2. The Balaban J connectivity index is 1.66. The summed E-state index contributed by atoms with van der Waals surface area (Å²) in [4.78, 5) is 14.7.